The van der Waals surface area contributed by atoms with E-state index in [9.17, 15) is 0 Å². The van der Waals surface area contributed by atoms with Crippen molar-refractivity contribution in [2.24, 2.45) is 0 Å². The number of rotatable bonds is 3. The third-order valence-electron chi connectivity index (χ3n) is 3.08. The van der Waals surface area contributed by atoms with Gasteiger partial charge in [0.15, 0.2) is 0 Å². The first-order valence-electron chi connectivity index (χ1n) is 5.69. The van der Waals surface area contributed by atoms with E-state index in [1.165, 1.54) is 10.5 Å². The van der Waals surface area contributed by atoms with Crippen LogP contribution in [-0.4, -0.2) is 23.1 Å². The van der Waals surface area contributed by atoms with Gasteiger partial charge in [-0.05, 0) is 43.5 Å². The third kappa shape index (κ3) is 2.59. The fourth-order valence-corrected chi connectivity index (χ4v) is 3.19. The van der Waals surface area contributed by atoms with Crippen molar-refractivity contribution in [3.8, 4) is 0 Å². The molecule has 0 aliphatic carbocycles. The Morgan fingerprint density at radius 1 is 1.50 bits per heavy atom. The summed E-state index contributed by atoms with van der Waals surface area (Å²) in [4.78, 5) is 1.28. The van der Waals surface area contributed by atoms with Gasteiger partial charge >= 0.3 is 0 Å². The third-order valence-corrected chi connectivity index (χ3v) is 4.53. The fourth-order valence-electron chi connectivity index (χ4n) is 1.96. The van der Waals surface area contributed by atoms with Crippen molar-refractivity contribution in [3.05, 3.63) is 29.3 Å². The average molecular weight is 238 g/mol. The summed E-state index contributed by atoms with van der Waals surface area (Å²) in [6.07, 6.45) is 1.48. The Labute approximate surface area is 101 Å². The molecule has 2 atom stereocenters. The molecule has 0 saturated carbocycles. The van der Waals surface area contributed by atoms with Gasteiger partial charge in [-0.25, -0.2) is 0 Å². The molecule has 3 heteroatoms. The molecule has 16 heavy (non-hydrogen) atoms. The SMILES string of the molecule is Cc1cc(SC2CCOC2C)ccc1CO. The molecule has 0 aromatic heterocycles. The van der Waals surface area contributed by atoms with Crippen molar-refractivity contribution < 1.29 is 9.84 Å². The van der Waals surface area contributed by atoms with Crippen LogP contribution in [0, 0.1) is 6.92 Å². The van der Waals surface area contributed by atoms with E-state index in [1.54, 1.807) is 0 Å². The molecule has 1 aliphatic heterocycles. The minimum atomic E-state index is 0.125. The number of hydrogen-bond acceptors (Lipinski definition) is 3. The molecule has 1 aliphatic rings. The number of hydrogen-bond donors (Lipinski definition) is 1. The van der Waals surface area contributed by atoms with Crippen LogP contribution in [0.15, 0.2) is 23.1 Å². The van der Waals surface area contributed by atoms with Gasteiger partial charge in [0.1, 0.15) is 0 Å². The van der Waals surface area contributed by atoms with Gasteiger partial charge in [0, 0.05) is 16.8 Å². The number of ether oxygens (including phenoxy) is 1. The Morgan fingerprint density at radius 3 is 2.88 bits per heavy atom. The van der Waals surface area contributed by atoms with Gasteiger partial charge < -0.3 is 9.84 Å². The van der Waals surface area contributed by atoms with Crippen LogP contribution >= 0.6 is 11.8 Å². The number of aliphatic hydroxyl groups excluding tert-OH is 1. The van der Waals surface area contributed by atoms with Crippen LogP contribution in [-0.2, 0) is 11.3 Å². The molecule has 0 spiro atoms. The van der Waals surface area contributed by atoms with Crippen molar-refractivity contribution in [1.82, 2.24) is 0 Å². The van der Waals surface area contributed by atoms with Gasteiger partial charge in [0.05, 0.1) is 12.7 Å². The maximum Gasteiger partial charge on any atom is 0.0684 e. The summed E-state index contributed by atoms with van der Waals surface area (Å²) in [6.45, 7) is 5.19. The fraction of sp³-hybridized carbons (Fsp3) is 0.538. The van der Waals surface area contributed by atoms with Gasteiger partial charge in [-0.3, -0.25) is 0 Å². The van der Waals surface area contributed by atoms with Crippen LogP contribution in [0.1, 0.15) is 24.5 Å². The lowest BCUT2D eigenvalue weighted by molar-refractivity contribution is 0.127. The van der Waals surface area contributed by atoms with Crippen LogP contribution in [0.2, 0.25) is 0 Å². The van der Waals surface area contributed by atoms with Gasteiger partial charge in [0.2, 0.25) is 0 Å². The van der Waals surface area contributed by atoms with Crippen molar-refractivity contribution in [2.75, 3.05) is 6.61 Å². The van der Waals surface area contributed by atoms with Crippen LogP contribution in [0.4, 0.5) is 0 Å². The first kappa shape index (κ1) is 12.0. The van der Waals surface area contributed by atoms with Crippen LogP contribution in [0.25, 0.3) is 0 Å². The minimum Gasteiger partial charge on any atom is -0.392 e. The van der Waals surface area contributed by atoms with Crippen molar-refractivity contribution in [2.45, 2.75) is 43.1 Å². The first-order chi connectivity index (χ1) is 7.70. The molecule has 1 fully saturated rings. The van der Waals surface area contributed by atoms with Crippen molar-refractivity contribution in [1.29, 1.82) is 0 Å². The summed E-state index contributed by atoms with van der Waals surface area (Å²) in [6, 6.07) is 6.26. The zero-order valence-electron chi connectivity index (χ0n) is 9.77. The molecule has 1 saturated heterocycles. The van der Waals surface area contributed by atoms with E-state index in [2.05, 4.69) is 19.1 Å². The monoisotopic (exact) mass is 238 g/mol. The lowest BCUT2D eigenvalue weighted by Gasteiger charge is -2.14. The summed E-state index contributed by atoms with van der Waals surface area (Å²) in [5.74, 6) is 0. The molecule has 2 rings (SSSR count). The number of thioether (sulfide) groups is 1. The normalized spacial score (nSPS) is 24.9. The Bertz CT molecular complexity index is 365. The van der Waals surface area contributed by atoms with E-state index in [4.69, 9.17) is 9.84 Å². The average Bonchev–Trinajstić information content (AvgIpc) is 2.65. The Hall–Kier alpha value is -0.510. The largest absolute Gasteiger partial charge is 0.392 e. The lowest BCUT2D eigenvalue weighted by Crippen LogP contribution is -2.12. The second-order valence-corrected chi connectivity index (χ2v) is 5.58. The molecular formula is C13H18O2S. The van der Waals surface area contributed by atoms with Gasteiger partial charge in [-0.1, -0.05) is 6.07 Å². The van der Waals surface area contributed by atoms with Crippen LogP contribution in [0.3, 0.4) is 0 Å². The Balaban J connectivity index is 2.07. The maximum atomic E-state index is 9.11. The number of aliphatic hydroxyl groups is 1. The number of benzene rings is 1. The van der Waals surface area contributed by atoms with Gasteiger partial charge in [-0.15, -0.1) is 11.8 Å². The van der Waals surface area contributed by atoms with E-state index < -0.39 is 0 Å². The van der Waals surface area contributed by atoms with Crippen molar-refractivity contribution >= 4 is 11.8 Å². The molecule has 1 aromatic carbocycles. The second-order valence-electron chi connectivity index (χ2n) is 4.27. The van der Waals surface area contributed by atoms with Crippen LogP contribution < -0.4 is 0 Å². The molecule has 1 aromatic rings. The van der Waals surface area contributed by atoms with E-state index in [1.807, 2.05) is 24.8 Å². The van der Waals surface area contributed by atoms with E-state index in [0.29, 0.717) is 11.4 Å². The summed E-state index contributed by atoms with van der Waals surface area (Å²) in [5, 5.41) is 9.68. The van der Waals surface area contributed by atoms with Gasteiger partial charge in [0.25, 0.3) is 0 Å². The highest BCUT2D eigenvalue weighted by atomic mass is 32.2. The summed E-state index contributed by atoms with van der Waals surface area (Å²) in [7, 11) is 0. The Morgan fingerprint density at radius 2 is 2.31 bits per heavy atom. The minimum absolute atomic E-state index is 0.125. The van der Waals surface area contributed by atoms with E-state index in [0.717, 1.165) is 18.6 Å². The predicted octanol–water partition coefficient (Wildman–Crippen LogP) is 2.76. The van der Waals surface area contributed by atoms with E-state index in [-0.39, 0.29) is 6.61 Å². The summed E-state index contributed by atoms with van der Waals surface area (Å²) >= 11 is 1.89. The Kier molecular flexibility index (Phi) is 3.90. The molecule has 2 nitrogen and oxygen atoms in total. The molecule has 0 bridgehead atoms. The molecule has 1 N–H and O–H groups in total. The standard InChI is InChI=1S/C13H18O2S/c1-9-7-12(4-3-11(9)8-14)16-13-5-6-15-10(13)2/h3-4,7,10,13-14H,5-6,8H2,1-2H3. The van der Waals surface area contributed by atoms with Gasteiger partial charge in [-0.2, -0.15) is 0 Å². The van der Waals surface area contributed by atoms with E-state index >= 15 is 0 Å². The van der Waals surface area contributed by atoms with Crippen LogP contribution in [0.5, 0.6) is 0 Å². The number of aryl methyl sites for hydroxylation is 1. The van der Waals surface area contributed by atoms with Crippen molar-refractivity contribution in [3.63, 3.8) is 0 Å². The molecule has 0 radical (unpaired) electrons. The molecule has 1 heterocycles. The maximum absolute atomic E-state index is 9.11. The zero-order chi connectivity index (χ0) is 11.5. The quantitative estimate of drug-likeness (QED) is 0.878. The molecule has 2 unspecified atom stereocenters. The first-order valence-corrected chi connectivity index (χ1v) is 6.57. The highest BCUT2D eigenvalue weighted by Gasteiger charge is 2.25. The predicted molar refractivity (Wildman–Crippen MR) is 66.8 cm³/mol. The highest BCUT2D eigenvalue weighted by molar-refractivity contribution is 8.00. The molecule has 0 amide bonds. The lowest BCUT2D eigenvalue weighted by atomic mass is 10.1. The molecule has 88 valence electrons. The molecular weight excluding hydrogens is 220 g/mol. The summed E-state index contributed by atoms with van der Waals surface area (Å²) < 4.78 is 5.55. The topological polar surface area (TPSA) is 29.5 Å². The smallest absolute Gasteiger partial charge is 0.0684 e. The summed E-state index contributed by atoms with van der Waals surface area (Å²) in [5.41, 5.74) is 2.18. The zero-order valence-corrected chi connectivity index (χ0v) is 10.6. The highest BCUT2D eigenvalue weighted by Crippen LogP contribution is 2.33. The second kappa shape index (κ2) is 5.21.